The summed E-state index contributed by atoms with van der Waals surface area (Å²) in [7, 11) is 1.70. The maximum absolute atomic E-state index is 6.16. The molecule has 0 aliphatic rings. The molecule has 19 heavy (non-hydrogen) atoms. The average molecular weight is 305 g/mol. The summed E-state index contributed by atoms with van der Waals surface area (Å²) in [5.74, 6) is 1.04. The van der Waals surface area contributed by atoms with Gasteiger partial charge in [-0.1, -0.05) is 29.8 Å². The van der Waals surface area contributed by atoms with Crippen molar-refractivity contribution < 1.29 is 9.47 Å². The monoisotopic (exact) mass is 304 g/mol. The van der Waals surface area contributed by atoms with Gasteiger partial charge in [0.2, 0.25) is 0 Å². The van der Waals surface area contributed by atoms with E-state index < -0.39 is 0 Å². The maximum Gasteiger partial charge on any atom is 0.0487 e. The number of hydrogen-bond donors (Lipinski definition) is 0. The van der Waals surface area contributed by atoms with Gasteiger partial charge >= 0.3 is 0 Å². The minimum absolute atomic E-state index is 0.406. The number of ether oxygens (including phenoxy) is 2. The van der Waals surface area contributed by atoms with Crippen LogP contribution in [0.2, 0.25) is 5.02 Å². The zero-order valence-electron chi connectivity index (χ0n) is 11.4. The van der Waals surface area contributed by atoms with E-state index in [0.717, 1.165) is 49.7 Å². The van der Waals surface area contributed by atoms with Crippen LogP contribution in [0.5, 0.6) is 0 Å². The van der Waals surface area contributed by atoms with Crippen LogP contribution in [-0.4, -0.2) is 32.8 Å². The van der Waals surface area contributed by atoms with Gasteiger partial charge in [0.25, 0.3) is 0 Å². The lowest BCUT2D eigenvalue weighted by atomic mass is 9.98. The van der Waals surface area contributed by atoms with Crippen molar-refractivity contribution in [1.82, 2.24) is 0 Å². The van der Waals surface area contributed by atoms with E-state index >= 15 is 0 Å². The zero-order chi connectivity index (χ0) is 13.9. The van der Waals surface area contributed by atoms with Crippen molar-refractivity contribution in [2.45, 2.75) is 19.3 Å². The highest BCUT2D eigenvalue weighted by Crippen LogP contribution is 2.21. The summed E-state index contributed by atoms with van der Waals surface area (Å²) in [4.78, 5) is 0. The summed E-state index contributed by atoms with van der Waals surface area (Å²) in [6.07, 6.45) is 2.80. The van der Waals surface area contributed by atoms with E-state index in [1.165, 1.54) is 0 Å². The van der Waals surface area contributed by atoms with Gasteiger partial charge in [-0.15, -0.1) is 11.6 Å². The smallest absolute Gasteiger partial charge is 0.0487 e. The number of benzene rings is 1. The summed E-state index contributed by atoms with van der Waals surface area (Å²) in [5.41, 5.74) is 1.16. The molecule has 0 saturated heterocycles. The standard InChI is InChI=1S/C15H22Cl2O2/c1-18-8-4-9-19-10-7-13(12-16)11-14-5-2-3-6-15(14)17/h2-3,5-6,13H,4,7-12H2,1H3. The SMILES string of the molecule is COCCCOCCC(CCl)Cc1ccccc1Cl. The molecule has 0 spiro atoms. The highest BCUT2D eigenvalue weighted by atomic mass is 35.5. The van der Waals surface area contributed by atoms with Gasteiger partial charge in [-0.3, -0.25) is 0 Å². The van der Waals surface area contributed by atoms with Crippen LogP contribution in [0.25, 0.3) is 0 Å². The van der Waals surface area contributed by atoms with E-state index in [4.69, 9.17) is 32.7 Å². The van der Waals surface area contributed by atoms with Gasteiger partial charge in [0.05, 0.1) is 0 Å². The van der Waals surface area contributed by atoms with Crippen LogP contribution in [0, 0.1) is 5.92 Å². The van der Waals surface area contributed by atoms with Gasteiger partial charge in [0.15, 0.2) is 0 Å². The average Bonchev–Trinajstić information content (AvgIpc) is 2.43. The summed E-state index contributed by atoms with van der Waals surface area (Å²) >= 11 is 12.2. The molecule has 0 aliphatic carbocycles. The molecule has 108 valence electrons. The molecule has 1 rings (SSSR count). The second-order valence-corrected chi connectivity index (χ2v) is 5.28. The van der Waals surface area contributed by atoms with Crippen molar-refractivity contribution in [3.63, 3.8) is 0 Å². The molecule has 0 heterocycles. The van der Waals surface area contributed by atoms with Crippen LogP contribution in [0.3, 0.4) is 0 Å². The Bertz CT molecular complexity index is 345. The van der Waals surface area contributed by atoms with Gasteiger partial charge in [-0.2, -0.15) is 0 Å². The van der Waals surface area contributed by atoms with Gasteiger partial charge in [0, 0.05) is 37.8 Å². The number of halogens is 2. The molecule has 0 aliphatic heterocycles. The molecule has 2 nitrogen and oxygen atoms in total. The molecule has 0 aromatic heterocycles. The first-order chi connectivity index (χ1) is 9.27. The predicted octanol–water partition coefficient (Wildman–Crippen LogP) is 4.18. The fraction of sp³-hybridized carbons (Fsp3) is 0.600. The first kappa shape index (κ1) is 16.8. The fourth-order valence-electron chi connectivity index (χ4n) is 1.87. The van der Waals surface area contributed by atoms with E-state index in [-0.39, 0.29) is 0 Å². The number of methoxy groups -OCH3 is 1. The second-order valence-electron chi connectivity index (χ2n) is 4.56. The van der Waals surface area contributed by atoms with Crippen LogP contribution in [0.1, 0.15) is 18.4 Å². The molecule has 0 fully saturated rings. The molecular weight excluding hydrogens is 283 g/mol. The molecule has 0 amide bonds. The second kappa shape index (κ2) is 10.5. The van der Waals surface area contributed by atoms with Crippen molar-refractivity contribution in [2.24, 2.45) is 5.92 Å². The van der Waals surface area contributed by atoms with Crippen LogP contribution in [0.4, 0.5) is 0 Å². The van der Waals surface area contributed by atoms with E-state index in [9.17, 15) is 0 Å². The molecule has 0 bridgehead atoms. The maximum atomic E-state index is 6.16. The lowest BCUT2D eigenvalue weighted by Crippen LogP contribution is -2.11. The molecule has 4 heteroatoms. The lowest BCUT2D eigenvalue weighted by molar-refractivity contribution is 0.0951. The normalized spacial score (nSPS) is 12.6. The summed E-state index contributed by atoms with van der Waals surface area (Å²) < 4.78 is 10.5. The van der Waals surface area contributed by atoms with E-state index in [2.05, 4.69) is 6.07 Å². The summed E-state index contributed by atoms with van der Waals surface area (Å²) in [6.45, 7) is 2.24. The summed E-state index contributed by atoms with van der Waals surface area (Å²) in [6, 6.07) is 7.93. The fourth-order valence-corrected chi connectivity index (χ4v) is 2.34. The lowest BCUT2D eigenvalue weighted by Gasteiger charge is -2.15. The topological polar surface area (TPSA) is 18.5 Å². The highest BCUT2D eigenvalue weighted by Gasteiger charge is 2.10. The predicted molar refractivity (Wildman–Crippen MR) is 81.3 cm³/mol. The van der Waals surface area contributed by atoms with Crippen LogP contribution in [-0.2, 0) is 15.9 Å². The van der Waals surface area contributed by atoms with Crippen LogP contribution < -0.4 is 0 Å². The largest absolute Gasteiger partial charge is 0.385 e. The molecule has 1 unspecified atom stereocenters. The quantitative estimate of drug-likeness (QED) is 0.477. The Morgan fingerprint density at radius 2 is 1.95 bits per heavy atom. The molecular formula is C15H22Cl2O2. The number of rotatable bonds is 10. The summed E-state index contributed by atoms with van der Waals surface area (Å²) in [5, 5.41) is 0.818. The van der Waals surface area contributed by atoms with Crippen molar-refractivity contribution >= 4 is 23.2 Å². The van der Waals surface area contributed by atoms with Gasteiger partial charge < -0.3 is 9.47 Å². The highest BCUT2D eigenvalue weighted by molar-refractivity contribution is 6.31. The van der Waals surface area contributed by atoms with Crippen molar-refractivity contribution in [2.75, 3.05) is 32.8 Å². The third-order valence-corrected chi connectivity index (χ3v) is 3.80. The Morgan fingerprint density at radius 3 is 2.63 bits per heavy atom. The third-order valence-electron chi connectivity index (χ3n) is 2.99. The molecule has 1 aromatic rings. The van der Waals surface area contributed by atoms with Crippen LogP contribution >= 0.6 is 23.2 Å². The van der Waals surface area contributed by atoms with Gasteiger partial charge in [-0.05, 0) is 36.8 Å². The van der Waals surface area contributed by atoms with E-state index in [1.54, 1.807) is 7.11 Å². The third kappa shape index (κ3) is 7.17. The van der Waals surface area contributed by atoms with Gasteiger partial charge in [-0.25, -0.2) is 0 Å². The Balaban J connectivity index is 2.24. The number of hydrogen-bond acceptors (Lipinski definition) is 2. The van der Waals surface area contributed by atoms with Crippen molar-refractivity contribution in [3.8, 4) is 0 Å². The van der Waals surface area contributed by atoms with Crippen molar-refractivity contribution in [3.05, 3.63) is 34.9 Å². The first-order valence-electron chi connectivity index (χ1n) is 6.64. The Morgan fingerprint density at radius 1 is 1.16 bits per heavy atom. The van der Waals surface area contributed by atoms with Crippen LogP contribution in [0.15, 0.2) is 24.3 Å². The van der Waals surface area contributed by atoms with E-state index in [1.807, 2.05) is 18.2 Å². The first-order valence-corrected chi connectivity index (χ1v) is 7.55. The molecule has 1 aromatic carbocycles. The molecule has 0 N–H and O–H groups in total. The molecule has 0 radical (unpaired) electrons. The number of alkyl halides is 1. The minimum atomic E-state index is 0.406. The molecule has 0 saturated carbocycles. The Labute approximate surface area is 126 Å². The van der Waals surface area contributed by atoms with Crippen molar-refractivity contribution in [1.29, 1.82) is 0 Å². The van der Waals surface area contributed by atoms with E-state index in [0.29, 0.717) is 11.8 Å². The minimum Gasteiger partial charge on any atom is -0.385 e. The zero-order valence-corrected chi connectivity index (χ0v) is 12.9. The van der Waals surface area contributed by atoms with Gasteiger partial charge in [0.1, 0.15) is 0 Å². The molecule has 1 atom stereocenters. The Hall–Kier alpha value is -0.280. The Kier molecular flexibility index (Phi) is 9.27.